The van der Waals surface area contributed by atoms with Crippen LogP contribution in [0.15, 0.2) is 30.8 Å². The fourth-order valence-corrected chi connectivity index (χ4v) is 1.07. The van der Waals surface area contributed by atoms with Crippen LogP contribution in [0.1, 0.15) is 5.56 Å². The van der Waals surface area contributed by atoms with E-state index in [-0.39, 0.29) is 51.4 Å². The van der Waals surface area contributed by atoms with Crippen LogP contribution < -0.4 is 4.18 Å². The molecule has 3 nitrogen and oxygen atoms in total. The van der Waals surface area contributed by atoms with Crippen molar-refractivity contribution in [3.8, 4) is 5.75 Å². The van der Waals surface area contributed by atoms with Gasteiger partial charge in [-0.25, -0.2) is 0 Å². The van der Waals surface area contributed by atoms with E-state index < -0.39 is 11.0 Å². The Balaban J connectivity index is 0.00000144. The molecule has 5 heteroatoms. The summed E-state index contributed by atoms with van der Waals surface area (Å²) in [6.07, 6.45) is 1.62. The maximum atomic E-state index is 10.2. The van der Waals surface area contributed by atoms with E-state index in [9.17, 15) is 8.42 Å². The Bertz CT molecular complexity index is 352. The van der Waals surface area contributed by atoms with Gasteiger partial charge >= 0.3 is 51.4 Å². The maximum absolute atomic E-state index is 10.2. The van der Waals surface area contributed by atoms with E-state index >= 15 is 0 Å². The second kappa shape index (κ2) is 6.75. The number of benzene rings is 1. The molecule has 0 radical (unpaired) electrons. The average Bonchev–Trinajstić information content (AvgIpc) is 2.03. The molecule has 1 aromatic carbocycles. The molecular weight excluding hydrogens is 215 g/mol. The molecule has 0 atom stereocenters. The quantitative estimate of drug-likeness (QED) is 0.603. The third-order valence-corrected chi connectivity index (χ3v) is 1.63. The number of hydrogen-bond donors (Lipinski definition) is 1. The van der Waals surface area contributed by atoms with E-state index in [0.29, 0.717) is 5.75 Å². The van der Waals surface area contributed by atoms with Crippen molar-refractivity contribution in [1.82, 2.24) is 0 Å². The number of hydrogen-bond acceptors (Lipinski definition) is 3. The third kappa shape index (κ3) is 4.95. The zero-order valence-electron chi connectivity index (χ0n) is 6.27. The Kier molecular flexibility index (Phi) is 6.93. The summed E-state index contributed by atoms with van der Waals surface area (Å²) >= 11 is 0. The van der Waals surface area contributed by atoms with Crippen molar-refractivity contribution in [2.24, 2.45) is 0 Å². The molecule has 0 amide bonds. The van der Waals surface area contributed by atoms with Crippen LogP contribution in [0.25, 0.3) is 6.08 Å². The van der Waals surface area contributed by atoms with E-state index in [2.05, 4.69) is 10.8 Å². The first-order chi connectivity index (χ1) is 5.72. The first-order valence-electron chi connectivity index (χ1n) is 3.27. The Morgan fingerprint density at radius 2 is 2.08 bits per heavy atom. The first kappa shape index (κ1) is 13.3. The average molecular weight is 224 g/mol. The predicted octanol–water partition coefficient (Wildman–Crippen LogP) is 0.586. The molecule has 0 aliphatic heterocycles. The van der Waals surface area contributed by atoms with Gasteiger partial charge in [0.1, 0.15) is 5.75 Å². The minimum atomic E-state index is -2.83. The van der Waals surface area contributed by atoms with Crippen molar-refractivity contribution < 1.29 is 12.6 Å². The summed E-state index contributed by atoms with van der Waals surface area (Å²) in [5, 5.41) is 0. The SMILES string of the molecule is C=Cc1cccc(O[SH](=O)=O)c1.[KH]. The first-order valence-corrected chi connectivity index (χ1v) is 4.37. The number of rotatable bonds is 3. The second-order valence-electron chi connectivity index (χ2n) is 2.09. The van der Waals surface area contributed by atoms with E-state index in [1.54, 1.807) is 30.3 Å². The summed E-state index contributed by atoms with van der Waals surface area (Å²) in [5.74, 6) is 0.309. The molecule has 0 saturated carbocycles. The van der Waals surface area contributed by atoms with Gasteiger partial charge in [-0.3, -0.25) is 0 Å². The molecule has 0 aliphatic rings. The standard InChI is InChI=1S/C8H8O3S.K.H/c1-2-7-4-3-5-8(6-7)11-12(9)10;;/h2-6,12H,1H2;;. The van der Waals surface area contributed by atoms with Gasteiger partial charge in [0.05, 0.1) is 0 Å². The van der Waals surface area contributed by atoms with Gasteiger partial charge in [0.15, 0.2) is 0 Å². The van der Waals surface area contributed by atoms with Crippen LogP contribution in [0.3, 0.4) is 0 Å². The summed E-state index contributed by atoms with van der Waals surface area (Å²) in [7, 11) is -2.83. The Hall–Kier alpha value is 0.346. The number of thiol groups is 1. The molecule has 0 aromatic heterocycles. The van der Waals surface area contributed by atoms with Gasteiger partial charge in [0, 0.05) is 0 Å². The molecule has 1 aromatic rings. The fourth-order valence-electron chi connectivity index (χ4n) is 0.784. The van der Waals surface area contributed by atoms with E-state index in [1.165, 1.54) is 0 Å². The van der Waals surface area contributed by atoms with Gasteiger partial charge in [0.2, 0.25) is 0 Å². The monoisotopic (exact) mass is 224 g/mol. The topological polar surface area (TPSA) is 43.4 Å². The van der Waals surface area contributed by atoms with Crippen molar-refractivity contribution in [3.63, 3.8) is 0 Å². The Morgan fingerprint density at radius 1 is 1.38 bits per heavy atom. The van der Waals surface area contributed by atoms with Crippen LogP contribution in [-0.4, -0.2) is 59.8 Å². The zero-order valence-corrected chi connectivity index (χ0v) is 7.16. The van der Waals surface area contributed by atoms with Crippen molar-refractivity contribution in [3.05, 3.63) is 36.4 Å². The molecule has 66 valence electrons. The molecule has 0 fully saturated rings. The normalized spacial score (nSPS) is 9.00. The van der Waals surface area contributed by atoms with Gasteiger partial charge in [-0.15, -0.1) is 0 Å². The molecule has 0 spiro atoms. The Morgan fingerprint density at radius 3 is 2.62 bits per heavy atom. The summed E-state index contributed by atoms with van der Waals surface area (Å²) in [6.45, 7) is 3.54. The predicted molar refractivity (Wildman–Crippen MR) is 54.6 cm³/mol. The minimum absolute atomic E-state index is 0. The summed E-state index contributed by atoms with van der Waals surface area (Å²) in [5.41, 5.74) is 0.823. The van der Waals surface area contributed by atoms with E-state index in [4.69, 9.17) is 0 Å². The van der Waals surface area contributed by atoms with Gasteiger partial charge in [-0.1, -0.05) is 24.8 Å². The zero-order chi connectivity index (χ0) is 8.97. The molecule has 0 aliphatic carbocycles. The van der Waals surface area contributed by atoms with Crippen molar-refractivity contribution >= 4 is 68.4 Å². The van der Waals surface area contributed by atoms with Crippen LogP contribution in [0.4, 0.5) is 0 Å². The summed E-state index contributed by atoms with van der Waals surface area (Å²) in [4.78, 5) is 0. The molecule has 0 N–H and O–H groups in total. The summed E-state index contributed by atoms with van der Waals surface area (Å²) < 4.78 is 24.8. The van der Waals surface area contributed by atoms with E-state index in [1.807, 2.05) is 0 Å². The van der Waals surface area contributed by atoms with Crippen LogP contribution in [0, 0.1) is 0 Å². The molecular formula is C8H9KO3S. The van der Waals surface area contributed by atoms with Crippen molar-refractivity contribution in [2.45, 2.75) is 0 Å². The van der Waals surface area contributed by atoms with Crippen molar-refractivity contribution in [2.75, 3.05) is 0 Å². The molecule has 0 unspecified atom stereocenters. The third-order valence-electron chi connectivity index (χ3n) is 1.27. The van der Waals surface area contributed by atoms with Gasteiger partial charge in [-0.2, -0.15) is 8.42 Å². The molecule has 13 heavy (non-hydrogen) atoms. The molecule has 0 bridgehead atoms. The molecule has 0 saturated heterocycles. The van der Waals surface area contributed by atoms with Crippen LogP contribution >= 0.6 is 0 Å². The fraction of sp³-hybridized carbons (Fsp3) is 0. The molecule has 0 heterocycles. The van der Waals surface area contributed by atoms with Gasteiger partial charge < -0.3 is 4.18 Å². The van der Waals surface area contributed by atoms with Crippen molar-refractivity contribution in [1.29, 1.82) is 0 Å². The van der Waals surface area contributed by atoms with Gasteiger partial charge in [-0.05, 0) is 17.7 Å². The van der Waals surface area contributed by atoms with Gasteiger partial charge in [0.25, 0.3) is 11.0 Å². The van der Waals surface area contributed by atoms with E-state index in [0.717, 1.165) is 5.56 Å². The Labute approximate surface area is 121 Å². The second-order valence-corrected chi connectivity index (χ2v) is 2.72. The van der Waals surface area contributed by atoms with Crippen LogP contribution in [0.5, 0.6) is 5.75 Å². The summed E-state index contributed by atoms with van der Waals surface area (Å²) in [6, 6.07) is 6.67. The van der Waals surface area contributed by atoms with Crippen LogP contribution in [0.2, 0.25) is 0 Å². The van der Waals surface area contributed by atoms with Crippen LogP contribution in [-0.2, 0) is 11.0 Å². The molecule has 1 rings (SSSR count).